The molecule has 1 fully saturated rings. The maximum absolute atomic E-state index is 8.75. The van der Waals surface area contributed by atoms with E-state index in [9.17, 15) is 0 Å². The van der Waals surface area contributed by atoms with Crippen LogP contribution in [0.3, 0.4) is 0 Å². The van der Waals surface area contributed by atoms with Gasteiger partial charge in [-0.25, -0.2) is 0 Å². The Hall–Kier alpha value is -3.05. The van der Waals surface area contributed by atoms with E-state index in [1.54, 1.807) is 7.05 Å². The third-order valence-corrected chi connectivity index (χ3v) is 5.96. The molecule has 0 aliphatic heterocycles. The fourth-order valence-electron chi connectivity index (χ4n) is 3.93. The quantitative estimate of drug-likeness (QED) is 0.428. The van der Waals surface area contributed by atoms with Crippen molar-refractivity contribution in [3.05, 3.63) is 66.1 Å². The molecule has 5 heteroatoms. The summed E-state index contributed by atoms with van der Waals surface area (Å²) in [5.74, 6) is 0.843. The van der Waals surface area contributed by atoms with Gasteiger partial charge in [0.1, 0.15) is 0 Å². The molecule has 1 saturated carbocycles. The molecule has 5 nitrogen and oxygen atoms in total. The van der Waals surface area contributed by atoms with Gasteiger partial charge in [0.15, 0.2) is 0 Å². The van der Waals surface area contributed by atoms with E-state index in [0.29, 0.717) is 0 Å². The number of aliphatic imine (C=N–C) groups is 1. The summed E-state index contributed by atoms with van der Waals surface area (Å²) in [6.45, 7) is 10.2. The predicted octanol–water partition coefficient (Wildman–Crippen LogP) is 6.75. The van der Waals surface area contributed by atoms with Crippen LogP contribution in [-0.2, 0) is 7.05 Å². The van der Waals surface area contributed by atoms with Gasteiger partial charge in [0, 0.05) is 48.9 Å². The summed E-state index contributed by atoms with van der Waals surface area (Å²) in [6.07, 6.45) is 11.2. The molecule has 1 aliphatic carbocycles. The number of nitrogens with zero attached hydrogens (tertiary/aromatic N) is 4. The van der Waals surface area contributed by atoms with Crippen molar-refractivity contribution < 1.29 is 5.11 Å². The van der Waals surface area contributed by atoms with E-state index in [2.05, 4.69) is 59.5 Å². The molecule has 3 aromatic rings. The maximum atomic E-state index is 8.75. The molecule has 0 bridgehead atoms. The molecule has 0 radical (unpaired) electrons. The van der Waals surface area contributed by atoms with Crippen LogP contribution in [0.1, 0.15) is 58.2 Å². The zero-order chi connectivity index (χ0) is 25.1. The molecule has 2 heterocycles. The smallest absolute Gasteiger partial charge is 0.0705 e. The van der Waals surface area contributed by atoms with Gasteiger partial charge in [0.25, 0.3) is 0 Å². The molecule has 2 aromatic heterocycles. The lowest BCUT2D eigenvalue weighted by molar-refractivity contribution is 0.0414. The number of aliphatic hydroxyl groups excluding tert-OH is 1. The van der Waals surface area contributed by atoms with Crippen LogP contribution in [0, 0.1) is 12.8 Å². The van der Waals surface area contributed by atoms with Gasteiger partial charge in [-0.3, -0.25) is 14.7 Å². The fraction of sp³-hybridized carbons (Fsp3) is 0.414. The van der Waals surface area contributed by atoms with E-state index in [1.807, 2.05) is 58.0 Å². The van der Waals surface area contributed by atoms with E-state index >= 15 is 0 Å². The van der Waals surface area contributed by atoms with Crippen molar-refractivity contribution in [3.63, 3.8) is 0 Å². The Kier molecular flexibility index (Phi) is 10.9. The molecule has 1 N–H and O–H groups in total. The van der Waals surface area contributed by atoms with E-state index < -0.39 is 0 Å². The number of aromatic nitrogens is 3. The average molecular weight is 461 g/mol. The van der Waals surface area contributed by atoms with Crippen molar-refractivity contribution in [2.45, 2.75) is 60.0 Å². The lowest BCUT2D eigenvalue weighted by Crippen LogP contribution is -2.27. The molecule has 0 unspecified atom stereocenters. The summed E-state index contributed by atoms with van der Waals surface area (Å²) in [5, 5.41) is 13.0. The number of aliphatic hydroxyl groups is 1. The van der Waals surface area contributed by atoms with Crippen molar-refractivity contribution in [1.82, 2.24) is 14.8 Å². The number of pyridine rings is 1. The highest BCUT2D eigenvalue weighted by atomic mass is 16.3. The first-order chi connectivity index (χ1) is 16.4. The number of aryl methyl sites for hydroxylation is 2. The first-order valence-electron chi connectivity index (χ1n) is 12.3. The van der Waals surface area contributed by atoms with Crippen LogP contribution >= 0.6 is 0 Å². The van der Waals surface area contributed by atoms with E-state index in [4.69, 9.17) is 10.1 Å². The van der Waals surface area contributed by atoms with Gasteiger partial charge in [-0.05, 0) is 55.9 Å². The SMILES string of the molecule is C/C=C(\C=NC)c1ccc(-c2cccc(-c3cnn(C)c3)c2)nc1C.CC.CCC1CC(O)C1. The molecular weight excluding hydrogens is 420 g/mol. The van der Waals surface area contributed by atoms with E-state index in [0.717, 1.165) is 58.0 Å². The minimum Gasteiger partial charge on any atom is -0.393 e. The second-order valence-electron chi connectivity index (χ2n) is 8.34. The molecule has 0 amide bonds. The summed E-state index contributed by atoms with van der Waals surface area (Å²) in [5.41, 5.74) is 7.51. The van der Waals surface area contributed by atoms with Crippen LogP contribution in [0.2, 0.25) is 0 Å². The van der Waals surface area contributed by atoms with E-state index in [-0.39, 0.29) is 6.10 Å². The van der Waals surface area contributed by atoms with E-state index in [1.165, 1.54) is 6.42 Å². The second-order valence-corrected chi connectivity index (χ2v) is 8.34. The standard InChI is InChI=1S/C21H22N4.C6H12O.C2H6/c1-5-16(12-22-3)20-9-10-21(24-15(20)2)18-8-6-7-17(11-18)19-13-23-25(4)14-19;1-2-5-3-6(7)4-5;1-2/h5-14H,1-4H3;5-7H,2-4H2,1H3;1-2H3/b16-5+,22-12?;;. The molecule has 0 spiro atoms. The van der Waals surface area contributed by atoms with Crippen LogP contribution in [0.5, 0.6) is 0 Å². The van der Waals surface area contributed by atoms with Crippen molar-refractivity contribution in [2.24, 2.45) is 18.0 Å². The van der Waals surface area contributed by atoms with Crippen molar-refractivity contribution in [1.29, 1.82) is 0 Å². The Labute approximate surface area is 205 Å². The number of benzene rings is 1. The largest absolute Gasteiger partial charge is 0.393 e. The van der Waals surface area contributed by atoms with Gasteiger partial charge in [-0.1, -0.05) is 57.5 Å². The molecular formula is C29H40N4O. The van der Waals surface area contributed by atoms with Gasteiger partial charge in [0.05, 0.1) is 18.0 Å². The van der Waals surface area contributed by atoms with Gasteiger partial charge >= 0.3 is 0 Å². The Bertz CT molecular complexity index is 1090. The molecule has 34 heavy (non-hydrogen) atoms. The molecule has 0 atom stereocenters. The molecule has 0 saturated heterocycles. The summed E-state index contributed by atoms with van der Waals surface area (Å²) in [6, 6.07) is 12.6. The molecule has 1 aromatic carbocycles. The predicted molar refractivity (Wildman–Crippen MR) is 145 cm³/mol. The minimum absolute atomic E-state index is 0.0462. The summed E-state index contributed by atoms with van der Waals surface area (Å²) < 4.78 is 1.81. The molecule has 4 rings (SSSR count). The molecule has 182 valence electrons. The van der Waals surface area contributed by atoms with Crippen molar-refractivity contribution in [2.75, 3.05) is 7.05 Å². The first kappa shape index (κ1) is 27.2. The lowest BCUT2D eigenvalue weighted by atomic mass is 9.81. The highest BCUT2D eigenvalue weighted by Crippen LogP contribution is 2.29. The summed E-state index contributed by atoms with van der Waals surface area (Å²) in [4.78, 5) is 8.93. The molecule has 1 aliphatic rings. The second kappa shape index (κ2) is 13.6. The van der Waals surface area contributed by atoms with Crippen LogP contribution in [0.4, 0.5) is 0 Å². The number of hydrogen-bond acceptors (Lipinski definition) is 4. The van der Waals surface area contributed by atoms with Gasteiger partial charge < -0.3 is 5.11 Å². The van der Waals surface area contributed by atoms with Gasteiger partial charge in [-0.15, -0.1) is 0 Å². The number of hydrogen-bond donors (Lipinski definition) is 1. The first-order valence-corrected chi connectivity index (χ1v) is 12.3. The van der Waals surface area contributed by atoms with Crippen LogP contribution in [-0.4, -0.2) is 39.2 Å². The Morgan fingerprint density at radius 2 is 1.85 bits per heavy atom. The maximum Gasteiger partial charge on any atom is 0.0705 e. The van der Waals surface area contributed by atoms with Gasteiger partial charge in [-0.2, -0.15) is 5.10 Å². The van der Waals surface area contributed by atoms with Crippen molar-refractivity contribution >= 4 is 11.8 Å². The lowest BCUT2D eigenvalue weighted by Gasteiger charge is -2.29. The van der Waals surface area contributed by atoms with Crippen LogP contribution in [0.25, 0.3) is 28.0 Å². The Morgan fingerprint density at radius 3 is 2.35 bits per heavy atom. The summed E-state index contributed by atoms with van der Waals surface area (Å²) in [7, 11) is 3.71. The highest BCUT2D eigenvalue weighted by molar-refractivity contribution is 6.10. The average Bonchev–Trinajstić information content (AvgIpc) is 3.29. The van der Waals surface area contributed by atoms with Crippen molar-refractivity contribution in [3.8, 4) is 22.4 Å². The summed E-state index contributed by atoms with van der Waals surface area (Å²) >= 11 is 0. The Morgan fingerprint density at radius 1 is 1.15 bits per heavy atom. The topological polar surface area (TPSA) is 63.3 Å². The van der Waals surface area contributed by atoms with Gasteiger partial charge in [0.2, 0.25) is 0 Å². The number of allylic oxidation sites excluding steroid dienone is 2. The fourth-order valence-corrected chi connectivity index (χ4v) is 3.93. The zero-order valence-corrected chi connectivity index (χ0v) is 21.8. The third kappa shape index (κ3) is 7.22. The normalized spacial score (nSPS) is 17.4. The number of rotatable bonds is 5. The minimum atomic E-state index is 0.0462. The zero-order valence-electron chi connectivity index (χ0n) is 21.8. The Balaban J connectivity index is 0.000000384. The monoisotopic (exact) mass is 460 g/mol. The van der Waals surface area contributed by atoms with Crippen LogP contribution < -0.4 is 0 Å². The highest BCUT2D eigenvalue weighted by Gasteiger charge is 2.24. The third-order valence-electron chi connectivity index (χ3n) is 5.96. The van der Waals surface area contributed by atoms with Crippen LogP contribution in [0.15, 0.2) is 59.9 Å².